The van der Waals surface area contributed by atoms with Crippen LogP contribution in [0.15, 0.2) is 10.7 Å². The van der Waals surface area contributed by atoms with Gasteiger partial charge in [0.15, 0.2) is 5.69 Å². The molecule has 2 rings (SSSR count). The third-order valence-corrected chi connectivity index (χ3v) is 3.48. The van der Waals surface area contributed by atoms with Crippen LogP contribution in [0.25, 0.3) is 0 Å². The van der Waals surface area contributed by atoms with Crippen molar-refractivity contribution in [1.29, 1.82) is 0 Å². The maximum absolute atomic E-state index is 11.6. The molecule has 1 aliphatic rings. The summed E-state index contributed by atoms with van der Waals surface area (Å²) in [5.74, 6) is -0.433. The summed E-state index contributed by atoms with van der Waals surface area (Å²) in [5, 5.41) is 0. The number of rotatable bonds is 6. The summed E-state index contributed by atoms with van der Waals surface area (Å²) in [6.07, 6.45) is 1.37. The van der Waals surface area contributed by atoms with Crippen LogP contribution < -0.4 is 4.90 Å². The number of carbonyl (C=O) groups excluding carboxylic acids is 1. The van der Waals surface area contributed by atoms with Crippen LogP contribution in [0.1, 0.15) is 17.4 Å². The Kier molecular flexibility index (Phi) is 5.58. The lowest BCUT2D eigenvalue weighted by Crippen LogP contribution is -2.48. The predicted molar refractivity (Wildman–Crippen MR) is 79.7 cm³/mol. The molecular weight excluding hydrogens is 272 g/mol. The van der Waals surface area contributed by atoms with E-state index in [1.54, 1.807) is 6.92 Å². The fourth-order valence-electron chi connectivity index (χ4n) is 2.21. The molecule has 0 unspecified atom stereocenters. The minimum atomic E-state index is -0.433. The van der Waals surface area contributed by atoms with Crippen LogP contribution in [0.5, 0.6) is 0 Å². The fourth-order valence-corrected chi connectivity index (χ4v) is 2.21. The van der Waals surface area contributed by atoms with Crippen molar-refractivity contribution in [2.45, 2.75) is 6.92 Å². The van der Waals surface area contributed by atoms with Crippen molar-refractivity contribution in [3.05, 3.63) is 12.0 Å². The Bertz CT molecular complexity index is 453. The Morgan fingerprint density at radius 2 is 2.10 bits per heavy atom. The van der Waals surface area contributed by atoms with Crippen LogP contribution in [-0.4, -0.2) is 80.7 Å². The van der Waals surface area contributed by atoms with E-state index in [9.17, 15) is 4.79 Å². The predicted octanol–water partition coefficient (Wildman–Crippen LogP) is 0.535. The third-order valence-electron chi connectivity index (χ3n) is 3.48. The van der Waals surface area contributed by atoms with Crippen molar-refractivity contribution in [2.24, 2.45) is 0 Å². The van der Waals surface area contributed by atoms with E-state index in [2.05, 4.69) is 33.8 Å². The molecule has 0 radical (unpaired) electrons. The Labute approximate surface area is 125 Å². The zero-order valence-corrected chi connectivity index (χ0v) is 13.0. The SMILES string of the molecule is CCOC(=O)c1coc(N2CCN(CCN(C)C)CC2)n1. The summed E-state index contributed by atoms with van der Waals surface area (Å²) in [4.78, 5) is 22.4. The zero-order valence-electron chi connectivity index (χ0n) is 13.0. The molecule has 2 heterocycles. The second-order valence-corrected chi connectivity index (χ2v) is 5.37. The number of nitrogens with zero attached hydrogens (tertiary/aromatic N) is 4. The van der Waals surface area contributed by atoms with Crippen LogP contribution in [0.2, 0.25) is 0 Å². The van der Waals surface area contributed by atoms with Gasteiger partial charge < -0.3 is 19.0 Å². The molecule has 0 spiro atoms. The number of hydrogen-bond donors (Lipinski definition) is 0. The topological polar surface area (TPSA) is 62.1 Å². The summed E-state index contributed by atoms with van der Waals surface area (Å²) >= 11 is 0. The van der Waals surface area contributed by atoms with Gasteiger partial charge in [0.1, 0.15) is 6.26 Å². The highest BCUT2D eigenvalue weighted by atomic mass is 16.5. The summed E-state index contributed by atoms with van der Waals surface area (Å²) in [6, 6.07) is 0.505. The van der Waals surface area contributed by atoms with E-state index < -0.39 is 5.97 Å². The quantitative estimate of drug-likeness (QED) is 0.710. The van der Waals surface area contributed by atoms with Crippen molar-refractivity contribution in [3.8, 4) is 0 Å². The third kappa shape index (κ3) is 4.44. The van der Waals surface area contributed by atoms with Gasteiger partial charge in [0.05, 0.1) is 6.61 Å². The Morgan fingerprint density at radius 1 is 1.38 bits per heavy atom. The van der Waals surface area contributed by atoms with Gasteiger partial charge in [-0.2, -0.15) is 4.98 Å². The van der Waals surface area contributed by atoms with Gasteiger partial charge in [0, 0.05) is 39.3 Å². The second kappa shape index (κ2) is 7.42. The number of hydrogen-bond acceptors (Lipinski definition) is 7. The lowest BCUT2D eigenvalue weighted by Gasteiger charge is -2.34. The molecule has 7 heteroatoms. The summed E-state index contributed by atoms with van der Waals surface area (Å²) < 4.78 is 10.3. The number of oxazole rings is 1. The van der Waals surface area contributed by atoms with Crippen LogP contribution in [-0.2, 0) is 4.74 Å². The molecular formula is C14H24N4O3. The first-order chi connectivity index (χ1) is 10.1. The van der Waals surface area contributed by atoms with Crippen LogP contribution in [0.4, 0.5) is 6.01 Å². The van der Waals surface area contributed by atoms with Crippen LogP contribution >= 0.6 is 0 Å². The molecule has 118 valence electrons. The van der Waals surface area contributed by atoms with Crippen molar-refractivity contribution < 1.29 is 13.9 Å². The largest absolute Gasteiger partial charge is 0.461 e. The van der Waals surface area contributed by atoms with Gasteiger partial charge in [0.25, 0.3) is 6.01 Å². The number of anilines is 1. The minimum Gasteiger partial charge on any atom is -0.461 e. The average Bonchev–Trinajstić information content (AvgIpc) is 2.96. The van der Waals surface area contributed by atoms with E-state index in [1.807, 2.05) is 0 Å². The second-order valence-electron chi connectivity index (χ2n) is 5.37. The Balaban J connectivity index is 1.83. The van der Waals surface area contributed by atoms with Gasteiger partial charge in [-0.15, -0.1) is 0 Å². The standard InChI is InChI=1S/C14H24N4O3/c1-4-20-13(19)12-11-21-14(15-12)18-9-7-17(8-10-18)6-5-16(2)3/h11H,4-10H2,1-3H3. The normalized spacial score (nSPS) is 16.5. The van der Waals surface area contributed by atoms with Gasteiger partial charge in [0.2, 0.25) is 0 Å². The molecule has 0 aromatic carbocycles. The first kappa shape index (κ1) is 15.8. The molecule has 1 fully saturated rings. The van der Waals surface area contributed by atoms with E-state index >= 15 is 0 Å². The number of likely N-dealkylation sites (N-methyl/N-ethyl adjacent to an activating group) is 1. The van der Waals surface area contributed by atoms with Gasteiger partial charge in [-0.25, -0.2) is 4.79 Å². The van der Waals surface area contributed by atoms with Gasteiger partial charge in [-0.3, -0.25) is 4.90 Å². The molecule has 1 aliphatic heterocycles. The maximum atomic E-state index is 11.6. The van der Waals surface area contributed by atoms with E-state index in [1.165, 1.54) is 6.26 Å². The van der Waals surface area contributed by atoms with Crippen molar-refractivity contribution >= 4 is 12.0 Å². The van der Waals surface area contributed by atoms with Crippen molar-refractivity contribution in [1.82, 2.24) is 14.8 Å². The molecule has 0 aliphatic carbocycles. The zero-order chi connectivity index (χ0) is 15.2. The highest BCUT2D eigenvalue weighted by molar-refractivity contribution is 5.87. The highest BCUT2D eigenvalue weighted by Gasteiger charge is 2.22. The van der Waals surface area contributed by atoms with E-state index in [-0.39, 0.29) is 5.69 Å². The molecule has 7 nitrogen and oxygen atoms in total. The highest BCUT2D eigenvalue weighted by Crippen LogP contribution is 2.16. The summed E-state index contributed by atoms with van der Waals surface area (Å²) in [7, 11) is 4.17. The monoisotopic (exact) mass is 296 g/mol. The Morgan fingerprint density at radius 3 is 2.71 bits per heavy atom. The molecule has 21 heavy (non-hydrogen) atoms. The van der Waals surface area contributed by atoms with Gasteiger partial charge in [-0.05, 0) is 21.0 Å². The number of aromatic nitrogens is 1. The summed E-state index contributed by atoms with van der Waals surface area (Å²) in [6.45, 7) is 7.91. The maximum Gasteiger partial charge on any atom is 0.360 e. The first-order valence-electron chi connectivity index (χ1n) is 7.35. The van der Waals surface area contributed by atoms with E-state index in [0.717, 1.165) is 39.3 Å². The molecule has 1 saturated heterocycles. The molecule has 0 N–H and O–H groups in total. The van der Waals surface area contributed by atoms with Crippen molar-refractivity contribution in [3.63, 3.8) is 0 Å². The number of esters is 1. The number of carbonyl (C=O) groups is 1. The van der Waals surface area contributed by atoms with Crippen LogP contribution in [0, 0.1) is 0 Å². The molecule has 0 amide bonds. The summed E-state index contributed by atoms with van der Waals surface area (Å²) in [5.41, 5.74) is 0.238. The van der Waals surface area contributed by atoms with Crippen molar-refractivity contribution in [2.75, 3.05) is 64.9 Å². The smallest absolute Gasteiger partial charge is 0.360 e. The minimum absolute atomic E-state index is 0.238. The van der Waals surface area contributed by atoms with Gasteiger partial charge in [-0.1, -0.05) is 0 Å². The van der Waals surface area contributed by atoms with Gasteiger partial charge >= 0.3 is 5.97 Å². The lowest BCUT2D eigenvalue weighted by atomic mass is 10.3. The molecule has 0 bridgehead atoms. The van der Waals surface area contributed by atoms with E-state index in [4.69, 9.17) is 9.15 Å². The molecule has 0 saturated carbocycles. The number of ether oxygens (including phenoxy) is 1. The Hall–Kier alpha value is -1.60. The van der Waals surface area contributed by atoms with Crippen LogP contribution in [0.3, 0.4) is 0 Å². The molecule has 1 aromatic rings. The molecule has 1 aromatic heterocycles. The average molecular weight is 296 g/mol. The molecule has 0 atom stereocenters. The fraction of sp³-hybridized carbons (Fsp3) is 0.714. The first-order valence-corrected chi connectivity index (χ1v) is 7.35. The lowest BCUT2D eigenvalue weighted by molar-refractivity contribution is 0.0519. The van der Waals surface area contributed by atoms with E-state index in [0.29, 0.717) is 12.6 Å². The number of piperazine rings is 1.